The van der Waals surface area contributed by atoms with E-state index in [1.165, 1.54) is 0 Å². The van der Waals surface area contributed by atoms with Gasteiger partial charge in [-0.1, -0.05) is 6.07 Å². The zero-order valence-corrected chi connectivity index (χ0v) is 11.9. The van der Waals surface area contributed by atoms with Crippen LogP contribution in [0.1, 0.15) is 11.3 Å². The van der Waals surface area contributed by atoms with Crippen molar-refractivity contribution in [1.29, 1.82) is 0 Å². The number of pyridine rings is 1. The van der Waals surface area contributed by atoms with E-state index in [1.54, 1.807) is 4.90 Å². The minimum atomic E-state index is -0.0787. The number of carbonyl (C=O) groups excluding carboxylic acids is 1. The van der Waals surface area contributed by atoms with E-state index < -0.39 is 0 Å². The Morgan fingerprint density at radius 3 is 2.95 bits per heavy atom. The first-order valence-corrected chi connectivity index (χ1v) is 6.65. The fourth-order valence-corrected chi connectivity index (χ4v) is 2.30. The normalized spacial score (nSPS) is 20.3. The number of carbonyl (C=O) groups is 1. The summed E-state index contributed by atoms with van der Waals surface area (Å²) in [4.78, 5) is 20.4. The van der Waals surface area contributed by atoms with Crippen molar-refractivity contribution < 1.29 is 4.79 Å². The molecule has 1 fully saturated rings. The number of hydrogen-bond acceptors (Lipinski definition) is 4. The summed E-state index contributed by atoms with van der Waals surface area (Å²) in [6, 6.07) is 4.02. The van der Waals surface area contributed by atoms with Gasteiger partial charge in [0, 0.05) is 52.2 Å². The molecule has 0 aromatic carbocycles. The third-order valence-electron chi connectivity index (χ3n) is 3.44. The molecule has 1 N–H and O–H groups in total. The fourth-order valence-electron chi connectivity index (χ4n) is 2.30. The monoisotopic (exact) mass is 262 g/mol. The minimum absolute atomic E-state index is 0.0787. The summed E-state index contributed by atoms with van der Waals surface area (Å²) in [5.41, 5.74) is 2.18. The van der Waals surface area contributed by atoms with E-state index in [0.717, 1.165) is 37.4 Å². The molecular formula is C14H22N4O. The summed E-state index contributed by atoms with van der Waals surface area (Å²) < 4.78 is 0. The molecule has 0 aliphatic carbocycles. The lowest BCUT2D eigenvalue weighted by Crippen LogP contribution is -2.57. The first kappa shape index (κ1) is 14.0. The molecule has 5 heteroatoms. The number of amides is 1. The minimum Gasteiger partial charge on any atom is -0.347 e. The van der Waals surface area contributed by atoms with Gasteiger partial charge in [-0.25, -0.2) is 0 Å². The summed E-state index contributed by atoms with van der Waals surface area (Å²) in [5.74, 6) is 0.160. The Balaban J connectivity index is 2.07. The number of aryl methyl sites for hydroxylation is 1. The van der Waals surface area contributed by atoms with E-state index in [0.29, 0.717) is 0 Å². The van der Waals surface area contributed by atoms with Gasteiger partial charge < -0.3 is 10.2 Å². The lowest BCUT2D eigenvalue weighted by atomic mass is 10.1. The van der Waals surface area contributed by atoms with E-state index in [4.69, 9.17) is 0 Å². The fraction of sp³-hybridized carbons (Fsp3) is 0.571. The third kappa shape index (κ3) is 3.52. The predicted octanol–water partition coefficient (Wildman–Crippen LogP) is 0.252. The van der Waals surface area contributed by atoms with Gasteiger partial charge in [0.1, 0.15) is 6.04 Å². The third-order valence-corrected chi connectivity index (χ3v) is 3.44. The topological polar surface area (TPSA) is 48.5 Å². The molecule has 1 aromatic rings. The Morgan fingerprint density at radius 2 is 2.32 bits per heavy atom. The van der Waals surface area contributed by atoms with Gasteiger partial charge in [0.15, 0.2) is 0 Å². The first-order chi connectivity index (χ1) is 9.08. The van der Waals surface area contributed by atoms with Crippen LogP contribution in [0.25, 0.3) is 0 Å². The molecule has 104 valence electrons. The Morgan fingerprint density at radius 1 is 1.53 bits per heavy atom. The number of hydrogen-bond donors (Lipinski definition) is 1. The largest absolute Gasteiger partial charge is 0.347 e. The van der Waals surface area contributed by atoms with Crippen LogP contribution in [0.15, 0.2) is 18.3 Å². The quantitative estimate of drug-likeness (QED) is 0.848. The number of rotatable bonds is 3. The van der Waals surface area contributed by atoms with Crippen molar-refractivity contribution in [3.63, 3.8) is 0 Å². The maximum absolute atomic E-state index is 12.2. The molecule has 19 heavy (non-hydrogen) atoms. The number of nitrogens with zero attached hydrogens (tertiary/aromatic N) is 3. The molecule has 1 amide bonds. The van der Waals surface area contributed by atoms with Gasteiger partial charge >= 0.3 is 0 Å². The highest BCUT2D eigenvalue weighted by atomic mass is 16.2. The molecule has 0 saturated carbocycles. The Hall–Kier alpha value is -1.46. The van der Waals surface area contributed by atoms with E-state index >= 15 is 0 Å². The van der Waals surface area contributed by atoms with E-state index in [9.17, 15) is 4.79 Å². The highest BCUT2D eigenvalue weighted by molar-refractivity contribution is 5.81. The van der Waals surface area contributed by atoms with Crippen LogP contribution >= 0.6 is 0 Å². The Kier molecular flexibility index (Phi) is 4.50. The Bertz CT molecular complexity index is 430. The average Bonchev–Trinajstić information content (AvgIpc) is 2.41. The molecule has 2 rings (SSSR count). The van der Waals surface area contributed by atoms with Gasteiger partial charge in [0.05, 0.1) is 0 Å². The van der Waals surface area contributed by atoms with Crippen LogP contribution in [0.2, 0.25) is 0 Å². The summed E-state index contributed by atoms with van der Waals surface area (Å²) in [5, 5.41) is 3.29. The van der Waals surface area contributed by atoms with E-state index in [-0.39, 0.29) is 11.9 Å². The smallest absolute Gasteiger partial charge is 0.240 e. The molecule has 2 heterocycles. The van der Waals surface area contributed by atoms with Gasteiger partial charge in [0.2, 0.25) is 5.91 Å². The molecule has 5 nitrogen and oxygen atoms in total. The van der Waals surface area contributed by atoms with Gasteiger partial charge in [0.25, 0.3) is 0 Å². The van der Waals surface area contributed by atoms with Crippen molar-refractivity contribution in [2.75, 3.05) is 33.7 Å². The standard InChI is InChI=1S/C14H22N4O/c1-11-4-5-12(8-16-11)10-18-7-6-15-9-13(18)14(19)17(2)3/h4-5,8,13,15H,6-7,9-10H2,1-3H3. The number of nitrogens with one attached hydrogen (secondary N) is 1. The van der Waals surface area contributed by atoms with Crippen LogP contribution in [-0.2, 0) is 11.3 Å². The summed E-state index contributed by atoms with van der Waals surface area (Å²) >= 11 is 0. The highest BCUT2D eigenvalue weighted by Crippen LogP contribution is 2.11. The van der Waals surface area contributed by atoms with E-state index in [1.807, 2.05) is 33.3 Å². The van der Waals surface area contributed by atoms with Crippen molar-refractivity contribution in [1.82, 2.24) is 20.1 Å². The van der Waals surface area contributed by atoms with Crippen molar-refractivity contribution in [3.05, 3.63) is 29.6 Å². The maximum Gasteiger partial charge on any atom is 0.240 e. The molecule has 1 aliphatic heterocycles. The van der Waals surface area contributed by atoms with Gasteiger partial charge in [-0.15, -0.1) is 0 Å². The van der Waals surface area contributed by atoms with Crippen LogP contribution in [0, 0.1) is 6.92 Å². The molecule has 0 radical (unpaired) electrons. The number of piperazine rings is 1. The number of likely N-dealkylation sites (N-methyl/N-ethyl adjacent to an activating group) is 1. The second kappa shape index (κ2) is 6.12. The van der Waals surface area contributed by atoms with Crippen molar-refractivity contribution in [2.24, 2.45) is 0 Å². The second-order valence-electron chi connectivity index (χ2n) is 5.23. The van der Waals surface area contributed by atoms with Crippen LogP contribution in [0.4, 0.5) is 0 Å². The van der Waals surface area contributed by atoms with Crippen LogP contribution in [0.5, 0.6) is 0 Å². The zero-order valence-electron chi connectivity index (χ0n) is 11.9. The summed E-state index contributed by atoms with van der Waals surface area (Å²) in [7, 11) is 3.62. The van der Waals surface area contributed by atoms with Crippen molar-refractivity contribution in [3.8, 4) is 0 Å². The average molecular weight is 262 g/mol. The summed E-state index contributed by atoms with van der Waals surface area (Å²) in [6.45, 7) is 5.29. The zero-order chi connectivity index (χ0) is 13.8. The van der Waals surface area contributed by atoms with Crippen molar-refractivity contribution >= 4 is 5.91 Å². The van der Waals surface area contributed by atoms with E-state index in [2.05, 4.69) is 21.3 Å². The van der Waals surface area contributed by atoms with Crippen LogP contribution in [-0.4, -0.2) is 60.5 Å². The molecule has 0 bridgehead atoms. The molecule has 1 atom stereocenters. The maximum atomic E-state index is 12.2. The van der Waals surface area contributed by atoms with Crippen LogP contribution in [0.3, 0.4) is 0 Å². The van der Waals surface area contributed by atoms with Gasteiger partial charge in [-0.2, -0.15) is 0 Å². The van der Waals surface area contributed by atoms with Gasteiger partial charge in [-0.05, 0) is 18.6 Å². The van der Waals surface area contributed by atoms with Gasteiger partial charge in [-0.3, -0.25) is 14.7 Å². The predicted molar refractivity (Wildman–Crippen MR) is 74.7 cm³/mol. The molecule has 1 unspecified atom stereocenters. The lowest BCUT2D eigenvalue weighted by Gasteiger charge is -2.36. The lowest BCUT2D eigenvalue weighted by molar-refractivity contribution is -0.135. The molecular weight excluding hydrogens is 240 g/mol. The van der Waals surface area contributed by atoms with Crippen molar-refractivity contribution in [2.45, 2.75) is 19.5 Å². The number of aromatic nitrogens is 1. The highest BCUT2D eigenvalue weighted by Gasteiger charge is 2.29. The molecule has 1 saturated heterocycles. The second-order valence-corrected chi connectivity index (χ2v) is 5.23. The molecule has 0 spiro atoms. The first-order valence-electron chi connectivity index (χ1n) is 6.65. The van der Waals surface area contributed by atoms with Crippen LogP contribution < -0.4 is 5.32 Å². The molecule has 1 aromatic heterocycles. The summed E-state index contributed by atoms with van der Waals surface area (Å²) in [6.07, 6.45) is 1.90. The SMILES string of the molecule is Cc1ccc(CN2CCNCC2C(=O)N(C)C)cn1. The Labute approximate surface area is 114 Å². The molecule has 1 aliphatic rings.